The van der Waals surface area contributed by atoms with Crippen LogP contribution in [0, 0.1) is 11.8 Å². The van der Waals surface area contributed by atoms with Crippen molar-refractivity contribution in [2.75, 3.05) is 39.6 Å². The lowest BCUT2D eigenvalue weighted by Gasteiger charge is -2.21. The lowest BCUT2D eigenvalue weighted by Crippen LogP contribution is -2.30. The highest BCUT2D eigenvalue weighted by molar-refractivity contribution is 7.47. The molecule has 3 N–H and O–H groups in total. The first-order valence-corrected chi connectivity index (χ1v) is 44.0. The highest BCUT2D eigenvalue weighted by Gasteiger charge is 2.30. The van der Waals surface area contributed by atoms with Gasteiger partial charge in [-0.1, -0.05) is 363 Å². The lowest BCUT2D eigenvalue weighted by molar-refractivity contribution is -0.161. The number of phosphoric acid groups is 2. The second-order valence-corrected chi connectivity index (χ2v) is 32.1. The van der Waals surface area contributed by atoms with Gasteiger partial charge in [-0.25, -0.2) is 9.13 Å². The fourth-order valence-corrected chi connectivity index (χ4v) is 13.7. The van der Waals surface area contributed by atoms with Gasteiger partial charge >= 0.3 is 39.5 Å². The molecule has 98 heavy (non-hydrogen) atoms. The van der Waals surface area contributed by atoms with Crippen molar-refractivity contribution in [1.29, 1.82) is 0 Å². The largest absolute Gasteiger partial charge is 0.472 e. The van der Waals surface area contributed by atoms with Gasteiger partial charge in [-0.3, -0.25) is 37.3 Å². The molecule has 0 aromatic rings. The third-order valence-corrected chi connectivity index (χ3v) is 20.7. The van der Waals surface area contributed by atoms with Crippen molar-refractivity contribution in [2.45, 2.75) is 432 Å². The number of carbonyl (C=O) groups is 4. The summed E-state index contributed by atoms with van der Waals surface area (Å²) in [4.78, 5) is 72.9. The van der Waals surface area contributed by atoms with E-state index in [9.17, 15) is 43.2 Å². The van der Waals surface area contributed by atoms with Crippen LogP contribution in [0.25, 0.3) is 0 Å². The summed E-state index contributed by atoms with van der Waals surface area (Å²) >= 11 is 0. The van der Waals surface area contributed by atoms with Crippen LogP contribution in [0.15, 0.2) is 0 Å². The van der Waals surface area contributed by atoms with Gasteiger partial charge in [0.15, 0.2) is 12.2 Å². The summed E-state index contributed by atoms with van der Waals surface area (Å²) in [6, 6.07) is 0. The molecule has 0 saturated carbocycles. The summed E-state index contributed by atoms with van der Waals surface area (Å²) in [6.45, 7) is 9.67. The Morgan fingerprint density at radius 2 is 0.520 bits per heavy atom. The number of unbranched alkanes of at least 4 members (excludes halogenated alkanes) is 47. The number of hydrogen-bond donors (Lipinski definition) is 3. The minimum Gasteiger partial charge on any atom is -0.462 e. The standard InChI is InChI=1S/C79H154O17P2/c1-7-10-12-14-16-18-19-20-21-22-26-32-38-44-50-56-62-77(82)90-68-75(96-78(83)63-57-51-45-39-33-27-24-23-25-31-37-42-48-54-60-72(6)9-3)70-94-98(87,88)92-66-73(80)65-91-97(85,86)93-69-74(67-89-76(81)61-55-49-43-35-17-15-13-11-8-2)95-79(84)64-58-52-46-40-34-29-28-30-36-41-47-53-59-71(4)5/h71-75,80H,7-70H2,1-6H3,(H,85,86)(H,87,88)/t72?,73-,74+,75+/m0/s1. The number of esters is 4. The van der Waals surface area contributed by atoms with Gasteiger partial charge in [-0.15, -0.1) is 0 Å². The molecule has 17 nitrogen and oxygen atoms in total. The zero-order valence-electron chi connectivity index (χ0n) is 64.1. The Morgan fingerprint density at radius 1 is 0.296 bits per heavy atom. The molecule has 0 fully saturated rings. The van der Waals surface area contributed by atoms with E-state index in [2.05, 4.69) is 41.5 Å². The molecule has 0 saturated heterocycles. The Balaban J connectivity index is 5.23. The summed E-state index contributed by atoms with van der Waals surface area (Å²) in [5.41, 5.74) is 0. The lowest BCUT2D eigenvalue weighted by atomic mass is 9.99. The molecule has 0 aliphatic carbocycles. The van der Waals surface area contributed by atoms with Crippen LogP contribution in [0.5, 0.6) is 0 Å². The van der Waals surface area contributed by atoms with E-state index in [4.69, 9.17) is 37.0 Å². The molecule has 19 heteroatoms. The molecular weight excluding hydrogens is 1280 g/mol. The van der Waals surface area contributed by atoms with Crippen molar-refractivity contribution in [3.05, 3.63) is 0 Å². The molecule has 0 aromatic carbocycles. The molecule has 0 heterocycles. The molecule has 0 rings (SSSR count). The van der Waals surface area contributed by atoms with Crippen LogP contribution in [-0.4, -0.2) is 96.7 Å². The van der Waals surface area contributed by atoms with E-state index in [1.807, 2.05) is 0 Å². The Kier molecular flexibility index (Phi) is 69.3. The summed E-state index contributed by atoms with van der Waals surface area (Å²) in [7, 11) is -9.91. The van der Waals surface area contributed by atoms with Crippen molar-refractivity contribution >= 4 is 39.5 Å². The van der Waals surface area contributed by atoms with Gasteiger partial charge in [0.1, 0.15) is 19.3 Å². The van der Waals surface area contributed by atoms with Crippen LogP contribution < -0.4 is 0 Å². The third kappa shape index (κ3) is 71.1. The Hall–Kier alpha value is -1.94. The van der Waals surface area contributed by atoms with E-state index in [0.717, 1.165) is 102 Å². The van der Waals surface area contributed by atoms with Gasteiger partial charge in [-0.05, 0) is 37.5 Å². The van der Waals surface area contributed by atoms with Gasteiger partial charge in [0.2, 0.25) is 0 Å². The van der Waals surface area contributed by atoms with Crippen LogP contribution in [0.3, 0.4) is 0 Å². The smallest absolute Gasteiger partial charge is 0.462 e. The van der Waals surface area contributed by atoms with Crippen LogP contribution >= 0.6 is 15.6 Å². The monoisotopic (exact) mass is 1440 g/mol. The number of hydrogen-bond acceptors (Lipinski definition) is 15. The van der Waals surface area contributed by atoms with Gasteiger partial charge in [0.05, 0.1) is 26.4 Å². The fourth-order valence-electron chi connectivity index (χ4n) is 12.2. The van der Waals surface area contributed by atoms with Crippen LogP contribution in [0.4, 0.5) is 0 Å². The Labute approximate surface area is 600 Å². The normalized spacial score (nSPS) is 14.2. The molecule has 0 bridgehead atoms. The predicted octanol–water partition coefficient (Wildman–Crippen LogP) is 23.5. The molecule has 0 spiro atoms. The quantitative estimate of drug-likeness (QED) is 0.0222. The second kappa shape index (κ2) is 70.7. The van der Waals surface area contributed by atoms with Crippen molar-refractivity contribution in [3.63, 3.8) is 0 Å². The fraction of sp³-hybridized carbons (Fsp3) is 0.949. The number of aliphatic hydroxyl groups is 1. The first-order valence-electron chi connectivity index (χ1n) is 41.0. The Bertz CT molecular complexity index is 1890. The highest BCUT2D eigenvalue weighted by atomic mass is 31.2. The highest BCUT2D eigenvalue weighted by Crippen LogP contribution is 2.45. The maximum atomic E-state index is 13.1. The van der Waals surface area contributed by atoms with Crippen molar-refractivity contribution < 1.29 is 80.2 Å². The van der Waals surface area contributed by atoms with Crippen LogP contribution in [0.2, 0.25) is 0 Å². The number of ether oxygens (including phenoxy) is 4. The molecule has 6 atom stereocenters. The van der Waals surface area contributed by atoms with E-state index in [-0.39, 0.29) is 25.7 Å². The van der Waals surface area contributed by atoms with Gasteiger partial charge in [-0.2, -0.15) is 0 Å². The molecule has 0 aromatic heterocycles. The maximum Gasteiger partial charge on any atom is 0.472 e. The molecule has 3 unspecified atom stereocenters. The summed E-state index contributed by atoms with van der Waals surface area (Å²) in [6.07, 6.45) is 59.5. The zero-order valence-corrected chi connectivity index (χ0v) is 65.9. The van der Waals surface area contributed by atoms with E-state index in [1.165, 1.54) is 231 Å². The van der Waals surface area contributed by atoms with Crippen LogP contribution in [0.1, 0.15) is 414 Å². The number of phosphoric ester groups is 2. The topological polar surface area (TPSA) is 237 Å². The summed E-state index contributed by atoms with van der Waals surface area (Å²) < 4.78 is 68.6. The maximum absolute atomic E-state index is 13.1. The molecular formula is C79H154O17P2. The summed E-state index contributed by atoms with van der Waals surface area (Å²) in [5.74, 6) is -0.488. The number of aliphatic hydroxyl groups excluding tert-OH is 1. The molecule has 0 radical (unpaired) electrons. The first kappa shape index (κ1) is 96.1. The average molecular weight is 1440 g/mol. The summed E-state index contributed by atoms with van der Waals surface area (Å²) in [5, 5.41) is 10.6. The minimum absolute atomic E-state index is 0.107. The molecule has 0 aliphatic heterocycles. The molecule has 582 valence electrons. The predicted molar refractivity (Wildman–Crippen MR) is 400 cm³/mol. The SMILES string of the molecule is CCCCCCCCCCCCCCCCCCC(=O)OC[C@H](COP(=O)(O)OC[C@@H](O)COP(=O)(O)OC[C@@H](COC(=O)CCCCCCCCCCC)OC(=O)CCCCCCCCCCCCCCC(C)C)OC(=O)CCCCCCCCCCCCCCCCC(C)CC. The number of carbonyl (C=O) groups excluding carboxylic acids is 4. The van der Waals surface area contributed by atoms with Gasteiger partial charge in [0.25, 0.3) is 0 Å². The van der Waals surface area contributed by atoms with Crippen molar-refractivity contribution in [1.82, 2.24) is 0 Å². The van der Waals surface area contributed by atoms with Gasteiger partial charge < -0.3 is 33.8 Å². The van der Waals surface area contributed by atoms with Gasteiger partial charge in [0, 0.05) is 25.7 Å². The zero-order chi connectivity index (χ0) is 72.1. The Morgan fingerprint density at radius 3 is 0.776 bits per heavy atom. The van der Waals surface area contributed by atoms with E-state index in [1.54, 1.807) is 0 Å². The molecule has 0 aliphatic rings. The van der Waals surface area contributed by atoms with Crippen molar-refractivity contribution in [3.8, 4) is 0 Å². The van der Waals surface area contributed by atoms with E-state index < -0.39 is 97.5 Å². The second-order valence-electron chi connectivity index (χ2n) is 29.2. The third-order valence-electron chi connectivity index (χ3n) is 18.8. The van der Waals surface area contributed by atoms with E-state index >= 15 is 0 Å². The first-order chi connectivity index (χ1) is 47.4. The minimum atomic E-state index is -4.96. The van der Waals surface area contributed by atoms with Crippen LogP contribution in [-0.2, 0) is 65.4 Å². The molecule has 0 amide bonds. The van der Waals surface area contributed by atoms with E-state index in [0.29, 0.717) is 25.7 Å². The average Bonchev–Trinajstić information content (AvgIpc) is 2.57. The number of rotatable bonds is 78. The van der Waals surface area contributed by atoms with Crippen molar-refractivity contribution in [2.24, 2.45) is 11.8 Å².